The van der Waals surface area contributed by atoms with Gasteiger partial charge in [0.05, 0.1) is 39.8 Å². The fraction of sp³-hybridized carbons (Fsp3) is 0.406. The summed E-state index contributed by atoms with van der Waals surface area (Å²) >= 11 is 0. The molecule has 0 aliphatic carbocycles. The Kier molecular flexibility index (Phi) is 30.9. The van der Waals surface area contributed by atoms with Crippen LogP contribution in [-0.4, -0.2) is 112 Å². The number of methoxy groups -OCH3 is 3. The second kappa shape index (κ2) is 36.8. The number of pyridine rings is 3. The predicted octanol–water partition coefficient (Wildman–Crippen LogP) is 8.72. The number of aromatic hydroxyl groups is 1. The molecule has 4 aromatic heterocycles. The van der Waals surface area contributed by atoms with Crippen molar-refractivity contribution in [2.75, 3.05) is 27.9 Å². The molecule has 0 aliphatic rings. The summed E-state index contributed by atoms with van der Waals surface area (Å²) in [7, 11) is 4.15. The Labute approximate surface area is 552 Å². The van der Waals surface area contributed by atoms with Crippen LogP contribution in [0.25, 0.3) is 11.1 Å². The van der Waals surface area contributed by atoms with E-state index < -0.39 is 70.9 Å². The number of rotatable bonds is 24. The second-order valence-corrected chi connectivity index (χ2v) is 22.0. The van der Waals surface area contributed by atoms with E-state index in [2.05, 4.69) is 15.0 Å². The van der Waals surface area contributed by atoms with E-state index in [4.69, 9.17) is 42.3 Å². The maximum Gasteiger partial charge on any atom is 1.00 e. The standard InChI is InChI=1S/C25H31NO7.C22H24N2O6.C22H27NO5.Li.H2O/c1-7-31-25(29)33-23-21(30-6)12-13-26-22(23)20(27)14-16(3)24(28)32-18(5)17(4)19-11-9-8-10-15(19)2;1-12-8-6-7-9-16(12)13(2)15(4)29-21(26)14(3)24-20(25)18-19(30-22(24)27)17(28-5)10-11-23-18;1-13-8-6-7-9-17(13)15(3)16(4)28-22(26)14(2)12-18(24)20-21(25)19(27-5)10-11-23-20;;/h8-13,16-18H,7,14H2,1-6H3;6-11,13-15H,1-5H3;6-11,14-16,25H,12H2,1-5H3;;1H2/q;;;+1;/p-1/t16-,17-,18+;13-,14+,15+;14-,15-,16+;;/m111../s1. The van der Waals surface area contributed by atoms with Crippen LogP contribution in [0.2, 0.25) is 0 Å². The van der Waals surface area contributed by atoms with Gasteiger partial charge in [0, 0.05) is 67.4 Å². The van der Waals surface area contributed by atoms with Gasteiger partial charge in [0.25, 0.3) is 5.56 Å². The van der Waals surface area contributed by atoms with Gasteiger partial charge in [-0.3, -0.25) is 24.0 Å². The first-order valence-corrected chi connectivity index (χ1v) is 29.7. The molecule has 0 aliphatic heterocycles. The Morgan fingerprint density at radius 1 is 0.538 bits per heavy atom. The van der Waals surface area contributed by atoms with E-state index in [-0.39, 0.29) is 125 Å². The molecular formula is C69H83LiN4O19. The van der Waals surface area contributed by atoms with Crippen molar-refractivity contribution in [1.82, 2.24) is 19.5 Å². The number of carbonyl (C=O) groups excluding carboxylic acids is 6. The van der Waals surface area contributed by atoms with Crippen molar-refractivity contribution in [3.05, 3.63) is 175 Å². The molecule has 9 atom stereocenters. The molecule has 0 fully saturated rings. The minimum atomic E-state index is -1.18. The molecule has 0 radical (unpaired) electrons. The predicted molar refractivity (Wildman–Crippen MR) is 340 cm³/mol. The molecule has 93 heavy (non-hydrogen) atoms. The summed E-state index contributed by atoms with van der Waals surface area (Å²) in [4.78, 5) is 112. The Balaban J connectivity index is 0.000000361. The summed E-state index contributed by atoms with van der Waals surface area (Å²) in [6, 6.07) is 27.0. The van der Waals surface area contributed by atoms with E-state index in [0.29, 0.717) is 4.57 Å². The van der Waals surface area contributed by atoms with Crippen molar-refractivity contribution in [2.24, 2.45) is 11.8 Å². The van der Waals surface area contributed by atoms with Gasteiger partial charge in [0.1, 0.15) is 24.4 Å². The molecule has 4 heterocycles. The van der Waals surface area contributed by atoms with Crippen LogP contribution in [0.4, 0.5) is 4.79 Å². The number of esters is 3. The molecule has 23 nitrogen and oxygen atoms in total. The van der Waals surface area contributed by atoms with E-state index >= 15 is 0 Å². The van der Waals surface area contributed by atoms with Gasteiger partial charge in [-0.05, 0) is 88.8 Å². The number of ketones is 2. The quantitative estimate of drug-likeness (QED) is 0.0256. The molecule has 0 amide bonds. The topological polar surface area (TPSA) is 317 Å². The first kappa shape index (κ1) is 78.1. The number of fused-ring (bicyclic) bond motifs is 1. The Morgan fingerprint density at radius 2 is 0.925 bits per heavy atom. The Morgan fingerprint density at radius 3 is 1.35 bits per heavy atom. The van der Waals surface area contributed by atoms with Gasteiger partial charge >= 0.3 is 48.7 Å². The van der Waals surface area contributed by atoms with E-state index in [0.717, 1.165) is 33.4 Å². The van der Waals surface area contributed by atoms with Gasteiger partial charge in [-0.25, -0.2) is 33.9 Å². The van der Waals surface area contributed by atoms with Gasteiger partial charge in [-0.2, -0.15) is 0 Å². The molecule has 24 heteroatoms. The van der Waals surface area contributed by atoms with Crippen LogP contribution in [0.5, 0.6) is 28.7 Å². The first-order valence-electron chi connectivity index (χ1n) is 29.7. The van der Waals surface area contributed by atoms with Crippen molar-refractivity contribution in [3.63, 3.8) is 0 Å². The zero-order valence-electron chi connectivity index (χ0n) is 55.8. The van der Waals surface area contributed by atoms with Crippen molar-refractivity contribution in [1.29, 1.82) is 0 Å². The van der Waals surface area contributed by atoms with Gasteiger partial charge in [-0.1, -0.05) is 107 Å². The average molecular weight is 1280 g/mol. The minimum absolute atomic E-state index is 0. The number of aromatic nitrogens is 4. The smallest absolute Gasteiger partial charge is 0.870 e. The number of hydrogen-bond donors (Lipinski definition) is 1. The van der Waals surface area contributed by atoms with Crippen molar-refractivity contribution >= 4 is 46.7 Å². The third-order valence-electron chi connectivity index (χ3n) is 15.6. The normalized spacial score (nSPS) is 13.5. The van der Waals surface area contributed by atoms with Crippen molar-refractivity contribution < 1.29 is 101 Å². The van der Waals surface area contributed by atoms with Crippen molar-refractivity contribution in [3.8, 4) is 28.7 Å². The molecule has 7 aromatic rings. The van der Waals surface area contributed by atoms with E-state index in [1.807, 2.05) is 128 Å². The van der Waals surface area contributed by atoms with Gasteiger partial charge in [0.2, 0.25) is 11.3 Å². The zero-order valence-corrected chi connectivity index (χ0v) is 55.8. The van der Waals surface area contributed by atoms with E-state index in [1.165, 1.54) is 65.0 Å². The molecular weight excluding hydrogens is 1200 g/mol. The Hall–Kier alpha value is -9.17. The maximum atomic E-state index is 12.9. The fourth-order valence-electron chi connectivity index (χ4n) is 9.69. The van der Waals surface area contributed by atoms with Crippen LogP contribution in [0, 0.1) is 32.6 Å². The van der Waals surface area contributed by atoms with Crippen LogP contribution in [0.1, 0.15) is 160 Å². The number of Topliss-reactive ketones (excluding diaryl/α,β-unsaturated/α-hetero) is 2. The molecule has 0 saturated heterocycles. The number of benzene rings is 3. The van der Waals surface area contributed by atoms with Crippen LogP contribution < -0.4 is 49.1 Å². The largest absolute Gasteiger partial charge is 1.00 e. The molecule has 0 saturated carbocycles. The van der Waals surface area contributed by atoms with E-state index in [1.54, 1.807) is 27.7 Å². The molecule has 0 spiro atoms. The third kappa shape index (κ3) is 20.4. The number of nitrogens with zero attached hydrogens (tertiary/aromatic N) is 4. The summed E-state index contributed by atoms with van der Waals surface area (Å²) in [5, 5.41) is 10.1. The summed E-state index contributed by atoms with van der Waals surface area (Å²) in [6.45, 7) is 23.8. The number of carbonyl (C=O) groups is 6. The van der Waals surface area contributed by atoms with Crippen LogP contribution in [0.15, 0.2) is 124 Å². The summed E-state index contributed by atoms with van der Waals surface area (Å²) in [5.41, 5.74) is 5.49. The summed E-state index contributed by atoms with van der Waals surface area (Å²) < 4.78 is 47.9. The first-order chi connectivity index (χ1) is 43.2. The van der Waals surface area contributed by atoms with Gasteiger partial charge < -0.3 is 52.9 Å². The SMILES string of the molecule is CCOC(=O)Oc1c(OC)ccnc1C(=O)C[C@@H](C)C(=O)O[C@@H](C)[C@@H](C)c1ccccc1C.COc1ccnc(C(=O)C[C@@H](C)C(=O)O[C@@H](C)[C@@H](C)c2ccccc2C)c1O.COc1ccnc2c(=O)n([C@@H](C)C(=O)O[C@@H](C)[C@@H](C)c3ccccc3C)c(=O)oc12.[Li+].[OH-]. The monoisotopic (exact) mass is 1280 g/mol. The van der Waals surface area contributed by atoms with Crippen molar-refractivity contribution in [2.45, 2.75) is 145 Å². The number of hydrogen-bond acceptors (Lipinski definition) is 22. The minimum Gasteiger partial charge on any atom is -0.870 e. The Bertz CT molecular complexity index is 3810. The number of ether oxygens (including phenoxy) is 8. The third-order valence-corrected chi connectivity index (χ3v) is 15.6. The second-order valence-electron chi connectivity index (χ2n) is 22.0. The van der Waals surface area contributed by atoms with E-state index in [9.17, 15) is 43.5 Å². The van der Waals surface area contributed by atoms with Gasteiger partial charge in [0.15, 0.2) is 51.5 Å². The van der Waals surface area contributed by atoms with Crippen LogP contribution in [-0.2, 0) is 33.3 Å². The van der Waals surface area contributed by atoms with Gasteiger partial charge in [-0.15, -0.1) is 0 Å². The molecule has 0 bridgehead atoms. The van der Waals surface area contributed by atoms with Crippen LogP contribution >= 0.6 is 0 Å². The maximum absolute atomic E-state index is 12.9. The fourth-order valence-corrected chi connectivity index (χ4v) is 9.69. The summed E-state index contributed by atoms with van der Waals surface area (Å²) in [5.74, 6) is -4.97. The molecule has 7 rings (SSSR count). The number of aryl methyl sites for hydroxylation is 3. The average Bonchev–Trinajstić information content (AvgIpc) is 0.870. The molecule has 2 N–H and O–H groups in total. The zero-order chi connectivity index (χ0) is 67.4. The van der Waals surface area contributed by atoms with Crippen LogP contribution in [0.3, 0.4) is 0 Å². The molecule has 3 aromatic carbocycles. The molecule has 494 valence electrons. The summed E-state index contributed by atoms with van der Waals surface area (Å²) in [6.07, 6.45) is 1.64. The molecule has 0 unspecified atom stereocenters.